The van der Waals surface area contributed by atoms with Crippen molar-refractivity contribution in [2.24, 2.45) is 11.3 Å². The molecule has 2 N–H and O–H groups in total. The Morgan fingerprint density at radius 3 is 2.56 bits per heavy atom. The zero-order chi connectivity index (χ0) is 13.3. The van der Waals surface area contributed by atoms with Gasteiger partial charge in [-0.1, -0.05) is 20.8 Å². The molecule has 1 unspecified atom stereocenters. The van der Waals surface area contributed by atoms with Crippen LogP contribution in [0.25, 0.3) is 0 Å². The van der Waals surface area contributed by atoms with Gasteiger partial charge in [0.1, 0.15) is 5.75 Å². The Hall–Kier alpha value is -1.38. The zero-order valence-electron chi connectivity index (χ0n) is 11.9. The number of hydrogen-bond donors (Lipinski definition) is 1. The Kier molecular flexibility index (Phi) is 3.42. The Bertz CT molecular complexity index is 423. The molecule has 0 spiro atoms. The molecule has 0 bridgehead atoms. The lowest BCUT2D eigenvalue weighted by atomic mass is 9.80. The van der Waals surface area contributed by atoms with Gasteiger partial charge in [0.15, 0.2) is 0 Å². The third kappa shape index (κ3) is 2.55. The van der Waals surface area contributed by atoms with Crippen molar-refractivity contribution in [1.82, 2.24) is 0 Å². The van der Waals surface area contributed by atoms with Crippen LogP contribution in [0.5, 0.6) is 5.75 Å². The number of rotatable bonds is 2. The second kappa shape index (κ2) is 4.71. The Morgan fingerprint density at radius 1 is 1.33 bits per heavy atom. The first kappa shape index (κ1) is 13.1. The highest BCUT2D eigenvalue weighted by Gasteiger charge is 2.32. The maximum atomic E-state index is 6.11. The van der Waals surface area contributed by atoms with Crippen LogP contribution in [0.15, 0.2) is 18.2 Å². The van der Waals surface area contributed by atoms with Crippen molar-refractivity contribution in [3.63, 3.8) is 0 Å². The summed E-state index contributed by atoms with van der Waals surface area (Å²) in [5.74, 6) is 1.56. The van der Waals surface area contributed by atoms with E-state index in [4.69, 9.17) is 10.5 Å². The molecule has 100 valence electrons. The number of anilines is 2. The molecular weight excluding hydrogens is 224 g/mol. The number of nitrogens with two attached hydrogens (primary N) is 1. The van der Waals surface area contributed by atoms with Gasteiger partial charge in [0.25, 0.3) is 0 Å². The van der Waals surface area contributed by atoms with E-state index in [1.165, 1.54) is 6.42 Å². The minimum Gasteiger partial charge on any atom is -0.497 e. The van der Waals surface area contributed by atoms with Crippen LogP contribution in [-0.4, -0.2) is 20.2 Å². The molecule has 1 saturated heterocycles. The van der Waals surface area contributed by atoms with E-state index < -0.39 is 0 Å². The molecule has 0 aliphatic carbocycles. The van der Waals surface area contributed by atoms with Crippen LogP contribution in [0.1, 0.15) is 27.2 Å². The number of methoxy groups -OCH3 is 1. The summed E-state index contributed by atoms with van der Waals surface area (Å²) >= 11 is 0. The predicted molar refractivity (Wildman–Crippen MR) is 77.2 cm³/mol. The first-order valence-electron chi connectivity index (χ1n) is 6.60. The van der Waals surface area contributed by atoms with E-state index in [0.29, 0.717) is 5.41 Å². The lowest BCUT2D eigenvalue weighted by Crippen LogP contribution is -2.26. The highest BCUT2D eigenvalue weighted by atomic mass is 16.5. The first-order chi connectivity index (χ1) is 8.41. The van der Waals surface area contributed by atoms with E-state index in [1.807, 2.05) is 12.1 Å². The lowest BCUT2D eigenvalue weighted by molar-refractivity contribution is 0.263. The van der Waals surface area contributed by atoms with Crippen LogP contribution in [0.4, 0.5) is 11.4 Å². The fraction of sp³-hybridized carbons (Fsp3) is 0.600. The van der Waals surface area contributed by atoms with Crippen molar-refractivity contribution in [2.75, 3.05) is 30.8 Å². The Morgan fingerprint density at radius 2 is 2.06 bits per heavy atom. The van der Waals surface area contributed by atoms with Crippen molar-refractivity contribution < 1.29 is 4.74 Å². The number of nitrogen functional groups attached to an aromatic ring is 1. The van der Waals surface area contributed by atoms with Gasteiger partial charge < -0.3 is 15.4 Å². The van der Waals surface area contributed by atoms with E-state index in [0.717, 1.165) is 36.1 Å². The smallest absolute Gasteiger partial charge is 0.121 e. The summed E-state index contributed by atoms with van der Waals surface area (Å²) in [5, 5.41) is 0. The topological polar surface area (TPSA) is 38.5 Å². The van der Waals surface area contributed by atoms with Gasteiger partial charge in [0, 0.05) is 19.2 Å². The molecule has 0 saturated carbocycles. The lowest BCUT2D eigenvalue weighted by Gasteiger charge is -2.28. The maximum absolute atomic E-state index is 6.11. The van der Waals surface area contributed by atoms with Crippen molar-refractivity contribution in [1.29, 1.82) is 0 Å². The molecular formula is C15H24N2O. The second-order valence-corrected chi connectivity index (χ2v) is 6.22. The molecule has 0 radical (unpaired) electrons. The van der Waals surface area contributed by atoms with E-state index in [9.17, 15) is 0 Å². The van der Waals surface area contributed by atoms with Crippen molar-refractivity contribution >= 4 is 11.4 Å². The number of benzene rings is 1. The van der Waals surface area contributed by atoms with Gasteiger partial charge in [-0.3, -0.25) is 0 Å². The second-order valence-electron chi connectivity index (χ2n) is 6.22. The van der Waals surface area contributed by atoms with Gasteiger partial charge in [0.05, 0.1) is 18.5 Å². The van der Waals surface area contributed by atoms with E-state index in [2.05, 4.69) is 31.7 Å². The molecule has 1 fully saturated rings. The van der Waals surface area contributed by atoms with Gasteiger partial charge in [-0.25, -0.2) is 0 Å². The molecule has 0 aromatic heterocycles. The molecule has 3 nitrogen and oxygen atoms in total. The van der Waals surface area contributed by atoms with Gasteiger partial charge in [-0.15, -0.1) is 0 Å². The largest absolute Gasteiger partial charge is 0.497 e. The summed E-state index contributed by atoms with van der Waals surface area (Å²) in [5.41, 5.74) is 8.43. The Balaban J connectivity index is 2.14. The van der Waals surface area contributed by atoms with Gasteiger partial charge in [-0.05, 0) is 29.9 Å². The highest BCUT2D eigenvalue weighted by Crippen LogP contribution is 2.37. The molecule has 1 aliphatic heterocycles. The average molecular weight is 248 g/mol. The number of hydrogen-bond acceptors (Lipinski definition) is 3. The van der Waals surface area contributed by atoms with Gasteiger partial charge >= 0.3 is 0 Å². The van der Waals surface area contributed by atoms with Crippen LogP contribution < -0.4 is 15.4 Å². The summed E-state index contributed by atoms with van der Waals surface area (Å²) in [6.07, 6.45) is 1.25. The summed E-state index contributed by atoms with van der Waals surface area (Å²) < 4.78 is 5.19. The van der Waals surface area contributed by atoms with Crippen LogP contribution in [0, 0.1) is 11.3 Å². The molecule has 3 heteroatoms. The molecule has 1 aromatic carbocycles. The number of ether oxygens (including phenoxy) is 1. The van der Waals surface area contributed by atoms with E-state index >= 15 is 0 Å². The Labute approximate surface area is 110 Å². The third-order valence-corrected chi connectivity index (χ3v) is 3.99. The first-order valence-corrected chi connectivity index (χ1v) is 6.60. The summed E-state index contributed by atoms with van der Waals surface area (Å²) in [7, 11) is 1.67. The van der Waals surface area contributed by atoms with Crippen LogP contribution >= 0.6 is 0 Å². The standard InChI is InChI=1S/C15H24N2O/c1-15(2,3)11-7-8-17(10-11)14-6-5-12(18-4)9-13(14)16/h5-6,9,11H,7-8,10,16H2,1-4H3. The SMILES string of the molecule is COc1ccc(N2CCC(C(C)(C)C)C2)c(N)c1. The van der Waals surface area contributed by atoms with Crippen LogP contribution in [-0.2, 0) is 0 Å². The van der Waals surface area contributed by atoms with E-state index in [-0.39, 0.29) is 0 Å². The predicted octanol–water partition coefficient (Wildman–Crippen LogP) is 3.15. The van der Waals surface area contributed by atoms with Gasteiger partial charge in [-0.2, -0.15) is 0 Å². The minimum atomic E-state index is 0.371. The molecule has 18 heavy (non-hydrogen) atoms. The summed E-state index contributed by atoms with van der Waals surface area (Å²) in [4.78, 5) is 2.39. The zero-order valence-corrected chi connectivity index (χ0v) is 11.9. The molecule has 2 rings (SSSR count). The third-order valence-electron chi connectivity index (χ3n) is 3.99. The molecule has 1 heterocycles. The molecule has 1 aliphatic rings. The highest BCUT2D eigenvalue weighted by molar-refractivity contribution is 5.69. The minimum absolute atomic E-state index is 0.371. The van der Waals surface area contributed by atoms with Crippen molar-refractivity contribution in [3.05, 3.63) is 18.2 Å². The number of nitrogens with zero attached hydrogens (tertiary/aromatic N) is 1. The fourth-order valence-electron chi connectivity index (χ4n) is 2.63. The maximum Gasteiger partial charge on any atom is 0.121 e. The molecule has 1 aromatic rings. The average Bonchev–Trinajstić information content (AvgIpc) is 2.77. The van der Waals surface area contributed by atoms with Crippen LogP contribution in [0.2, 0.25) is 0 Å². The molecule has 1 atom stereocenters. The monoisotopic (exact) mass is 248 g/mol. The summed E-state index contributed by atoms with van der Waals surface area (Å²) in [6, 6.07) is 5.95. The van der Waals surface area contributed by atoms with E-state index in [1.54, 1.807) is 7.11 Å². The van der Waals surface area contributed by atoms with Crippen molar-refractivity contribution in [3.8, 4) is 5.75 Å². The fourth-order valence-corrected chi connectivity index (χ4v) is 2.63. The summed E-state index contributed by atoms with van der Waals surface area (Å²) in [6.45, 7) is 9.15. The van der Waals surface area contributed by atoms with Gasteiger partial charge in [0.2, 0.25) is 0 Å². The normalized spacial score (nSPS) is 20.2. The van der Waals surface area contributed by atoms with Crippen LogP contribution in [0.3, 0.4) is 0 Å². The quantitative estimate of drug-likeness (QED) is 0.817. The van der Waals surface area contributed by atoms with Crippen molar-refractivity contribution in [2.45, 2.75) is 27.2 Å². The molecule has 0 amide bonds.